The van der Waals surface area contributed by atoms with Crippen LogP contribution in [0.15, 0.2) is 53.4 Å². The molecule has 0 saturated heterocycles. The van der Waals surface area contributed by atoms with Crippen LogP contribution >= 0.6 is 0 Å². The number of aryl methyl sites for hydroxylation is 2. The first-order valence-electron chi connectivity index (χ1n) is 7.95. The molecule has 0 radical (unpaired) electrons. The quantitative estimate of drug-likeness (QED) is 0.904. The Balaban J connectivity index is 2.01. The maximum absolute atomic E-state index is 13.1. The predicted octanol–water partition coefficient (Wildman–Crippen LogP) is 2.59. The van der Waals surface area contributed by atoms with Gasteiger partial charge in [-0.2, -0.15) is 0 Å². The van der Waals surface area contributed by atoms with E-state index < -0.39 is 20.6 Å². The highest BCUT2D eigenvalue weighted by molar-refractivity contribution is 7.92. The molecule has 3 atom stereocenters. The van der Waals surface area contributed by atoms with Gasteiger partial charge in [0, 0.05) is 13.0 Å². The van der Waals surface area contributed by atoms with Gasteiger partial charge in [-0.25, -0.2) is 8.42 Å². The number of rotatable bonds is 5. The standard InChI is InChI=1S/C19H23NO3S/c1-13-4-8-15(9-5-13)17-18(19(17,20)12-23-3)24(21,22)16-10-6-14(2)7-11-16/h4-11,17-18H,12,20H2,1-3H3/t17-,18+,19-/m1/s1. The minimum absolute atomic E-state index is 0.210. The van der Waals surface area contributed by atoms with Crippen molar-refractivity contribution in [2.75, 3.05) is 13.7 Å². The minimum atomic E-state index is -3.52. The first kappa shape index (κ1) is 17.1. The number of hydrogen-bond acceptors (Lipinski definition) is 4. The predicted molar refractivity (Wildman–Crippen MR) is 94.9 cm³/mol. The Morgan fingerprint density at radius 1 is 1.00 bits per heavy atom. The van der Waals surface area contributed by atoms with Crippen molar-refractivity contribution in [2.24, 2.45) is 5.73 Å². The van der Waals surface area contributed by atoms with Crippen molar-refractivity contribution in [3.63, 3.8) is 0 Å². The van der Waals surface area contributed by atoms with Crippen LogP contribution in [0.1, 0.15) is 22.6 Å². The van der Waals surface area contributed by atoms with E-state index in [1.54, 1.807) is 19.2 Å². The lowest BCUT2D eigenvalue weighted by molar-refractivity contribution is 0.171. The second kappa shape index (κ2) is 5.99. The van der Waals surface area contributed by atoms with Crippen molar-refractivity contribution in [3.8, 4) is 0 Å². The molecule has 1 saturated carbocycles. The zero-order valence-corrected chi connectivity index (χ0v) is 15.0. The van der Waals surface area contributed by atoms with Crippen molar-refractivity contribution in [3.05, 3.63) is 65.2 Å². The number of benzene rings is 2. The summed E-state index contributed by atoms with van der Waals surface area (Å²) in [4.78, 5) is 0.318. The lowest BCUT2D eigenvalue weighted by Crippen LogP contribution is -2.35. The maximum Gasteiger partial charge on any atom is 0.183 e. The number of nitrogens with two attached hydrogens (primary N) is 1. The molecule has 128 valence electrons. The Kier molecular flexibility index (Phi) is 4.28. The van der Waals surface area contributed by atoms with Crippen molar-refractivity contribution < 1.29 is 13.2 Å². The van der Waals surface area contributed by atoms with Gasteiger partial charge in [-0.15, -0.1) is 0 Å². The molecule has 4 nitrogen and oxygen atoms in total. The molecule has 24 heavy (non-hydrogen) atoms. The van der Waals surface area contributed by atoms with E-state index in [4.69, 9.17) is 10.5 Å². The van der Waals surface area contributed by atoms with E-state index in [9.17, 15) is 8.42 Å². The number of sulfone groups is 1. The fourth-order valence-corrected chi connectivity index (χ4v) is 5.74. The van der Waals surface area contributed by atoms with Gasteiger partial charge < -0.3 is 10.5 Å². The van der Waals surface area contributed by atoms with E-state index in [0.717, 1.165) is 16.7 Å². The van der Waals surface area contributed by atoms with Crippen LogP contribution in [0.4, 0.5) is 0 Å². The molecular weight excluding hydrogens is 322 g/mol. The Labute approximate surface area is 143 Å². The Morgan fingerprint density at radius 2 is 1.50 bits per heavy atom. The van der Waals surface area contributed by atoms with E-state index in [1.165, 1.54) is 0 Å². The third kappa shape index (κ3) is 2.77. The second-order valence-electron chi connectivity index (χ2n) is 6.71. The summed E-state index contributed by atoms with van der Waals surface area (Å²) in [5, 5.41) is -0.671. The Hall–Kier alpha value is -1.69. The number of ether oxygens (including phenoxy) is 1. The summed E-state index contributed by atoms with van der Waals surface area (Å²) in [5.74, 6) is -0.260. The van der Waals surface area contributed by atoms with Crippen molar-refractivity contribution in [1.29, 1.82) is 0 Å². The molecule has 2 N–H and O–H groups in total. The molecule has 1 aliphatic carbocycles. The summed E-state index contributed by atoms with van der Waals surface area (Å²) < 4.78 is 31.5. The van der Waals surface area contributed by atoms with Crippen LogP contribution in [0.25, 0.3) is 0 Å². The van der Waals surface area contributed by atoms with Crippen LogP contribution in [0.5, 0.6) is 0 Å². The highest BCUT2D eigenvalue weighted by Crippen LogP contribution is 2.55. The third-order valence-electron chi connectivity index (χ3n) is 4.82. The van der Waals surface area contributed by atoms with Crippen LogP contribution in [0.2, 0.25) is 0 Å². The molecule has 2 aromatic rings. The second-order valence-corrected chi connectivity index (χ2v) is 8.78. The fraction of sp³-hybridized carbons (Fsp3) is 0.368. The molecule has 0 bridgehead atoms. The first-order chi connectivity index (χ1) is 11.3. The zero-order valence-electron chi connectivity index (χ0n) is 14.2. The van der Waals surface area contributed by atoms with Gasteiger partial charge in [0.05, 0.1) is 22.3 Å². The average molecular weight is 345 g/mol. The van der Waals surface area contributed by atoms with Crippen LogP contribution in [-0.4, -0.2) is 32.9 Å². The minimum Gasteiger partial charge on any atom is -0.383 e. The molecule has 0 spiro atoms. The Morgan fingerprint density at radius 3 is 2.00 bits per heavy atom. The van der Waals surface area contributed by atoms with Crippen molar-refractivity contribution in [2.45, 2.75) is 35.4 Å². The van der Waals surface area contributed by atoms with Gasteiger partial charge in [0.15, 0.2) is 9.84 Å². The molecule has 1 aliphatic rings. The summed E-state index contributed by atoms with van der Waals surface area (Å²) in [6, 6.07) is 14.8. The largest absolute Gasteiger partial charge is 0.383 e. The molecule has 1 fully saturated rings. The monoisotopic (exact) mass is 345 g/mol. The molecule has 0 unspecified atom stereocenters. The van der Waals surface area contributed by atoms with E-state index in [-0.39, 0.29) is 12.5 Å². The molecule has 0 amide bonds. The van der Waals surface area contributed by atoms with Crippen LogP contribution in [-0.2, 0) is 14.6 Å². The van der Waals surface area contributed by atoms with Gasteiger partial charge in [-0.05, 0) is 31.5 Å². The van der Waals surface area contributed by atoms with Gasteiger partial charge >= 0.3 is 0 Å². The Bertz CT molecular complexity index is 828. The normalized spacial score (nSPS) is 26.3. The van der Waals surface area contributed by atoms with E-state index >= 15 is 0 Å². The van der Waals surface area contributed by atoms with E-state index in [2.05, 4.69) is 0 Å². The van der Waals surface area contributed by atoms with Gasteiger partial charge in [0.2, 0.25) is 0 Å². The third-order valence-corrected chi connectivity index (χ3v) is 7.13. The fourth-order valence-electron chi connectivity index (χ4n) is 3.45. The maximum atomic E-state index is 13.1. The molecule has 3 rings (SSSR count). The molecule has 2 aromatic carbocycles. The average Bonchev–Trinajstić information content (AvgIpc) is 3.15. The molecule has 0 heterocycles. The zero-order chi connectivity index (χ0) is 17.5. The highest BCUT2D eigenvalue weighted by Gasteiger charge is 2.69. The summed E-state index contributed by atoms with van der Waals surface area (Å²) >= 11 is 0. The molecular formula is C19H23NO3S. The number of hydrogen-bond donors (Lipinski definition) is 1. The summed E-state index contributed by atoms with van der Waals surface area (Å²) in [6.07, 6.45) is 0. The first-order valence-corrected chi connectivity index (χ1v) is 9.50. The molecule has 0 aromatic heterocycles. The van der Waals surface area contributed by atoms with Gasteiger partial charge in [-0.1, -0.05) is 47.5 Å². The van der Waals surface area contributed by atoms with Gasteiger partial charge in [0.25, 0.3) is 0 Å². The van der Waals surface area contributed by atoms with Crippen LogP contribution in [0, 0.1) is 13.8 Å². The molecule has 5 heteroatoms. The lowest BCUT2D eigenvalue weighted by Gasteiger charge is -2.11. The lowest BCUT2D eigenvalue weighted by atomic mass is 10.1. The highest BCUT2D eigenvalue weighted by atomic mass is 32.2. The summed E-state index contributed by atoms with van der Waals surface area (Å²) in [5.41, 5.74) is 8.67. The summed E-state index contributed by atoms with van der Waals surface area (Å²) in [7, 11) is -1.97. The van der Waals surface area contributed by atoms with Crippen LogP contribution in [0.3, 0.4) is 0 Å². The van der Waals surface area contributed by atoms with E-state index in [1.807, 2.05) is 50.2 Å². The van der Waals surface area contributed by atoms with Crippen molar-refractivity contribution in [1.82, 2.24) is 0 Å². The molecule has 0 aliphatic heterocycles. The smallest absolute Gasteiger partial charge is 0.183 e. The topological polar surface area (TPSA) is 69.4 Å². The number of methoxy groups -OCH3 is 1. The van der Waals surface area contributed by atoms with Crippen molar-refractivity contribution >= 4 is 9.84 Å². The SMILES string of the molecule is COC[C@@]1(N)[C@H](c2ccc(C)cc2)[C@@H]1S(=O)(=O)c1ccc(C)cc1. The summed E-state index contributed by atoms with van der Waals surface area (Å²) in [6.45, 7) is 4.14. The van der Waals surface area contributed by atoms with E-state index in [0.29, 0.717) is 4.90 Å². The van der Waals surface area contributed by atoms with Gasteiger partial charge in [-0.3, -0.25) is 0 Å². The van der Waals surface area contributed by atoms with Crippen LogP contribution < -0.4 is 5.73 Å². The van der Waals surface area contributed by atoms with Gasteiger partial charge in [0.1, 0.15) is 0 Å².